The van der Waals surface area contributed by atoms with Crippen LogP contribution in [0, 0.1) is 5.92 Å². The molecule has 3 rings (SSSR count). The van der Waals surface area contributed by atoms with E-state index in [1.54, 1.807) is 23.2 Å². The van der Waals surface area contributed by atoms with Gasteiger partial charge < -0.3 is 19.7 Å². The van der Waals surface area contributed by atoms with Crippen LogP contribution in [-0.2, 0) is 16.1 Å². The fourth-order valence-corrected chi connectivity index (χ4v) is 3.74. The third kappa shape index (κ3) is 6.27. The minimum atomic E-state index is -0.424. The van der Waals surface area contributed by atoms with Crippen molar-refractivity contribution in [3.63, 3.8) is 0 Å². The van der Waals surface area contributed by atoms with Crippen molar-refractivity contribution in [2.24, 2.45) is 5.92 Å². The third-order valence-electron chi connectivity index (χ3n) is 5.14. The number of likely N-dealkylation sites (tertiary alicyclic amines) is 1. The second-order valence-electron chi connectivity index (χ2n) is 7.20. The topological polar surface area (TPSA) is 80.8 Å². The molecule has 1 saturated carbocycles. The summed E-state index contributed by atoms with van der Waals surface area (Å²) in [5.74, 6) is 0.365. The summed E-state index contributed by atoms with van der Waals surface area (Å²) in [6.07, 6.45) is 6.68. The van der Waals surface area contributed by atoms with Gasteiger partial charge in [0, 0.05) is 25.3 Å². The standard InChI is InChI=1S/C19H26ClN3O4/c20-17-11-15(7-8-21-17)13-26-18(24)22-16-5-3-14(4-6-16)12-27-19(25)23-9-1-2-10-23/h7-8,11,14,16H,1-6,9-10,12-13H2,(H,22,24). The Bertz CT molecular complexity index is 644. The highest BCUT2D eigenvalue weighted by atomic mass is 35.5. The van der Waals surface area contributed by atoms with Crippen LogP contribution >= 0.6 is 11.6 Å². The molecule has 1 aromatic rings. The largest absolute Gasteiger partial charge is 0.449 e. The van der Waals surface area contributed by atoms with Crippen LogP contribution in [0.25, 0.3) is 0 Å². The quantitative estimate of drug-likeness (QED) is 0.768. The van der Waals surface area contributed by atoms with E-state index >= 15 is 0 Å². The van der Waals surface area contributed by atoms with Gasteiger partial charge in [-0.25, -0.2) is 14.6 Å². The Balaban J connectivity index is 1.30. The Kier molecular flexibility index (Phi) is 7.15. The number of carbonyl (C=O) groups is 2. The molecule has 2 amide bonds. The number of nitrogens with zero attached hydrogens (tertiary/aromatic N) is 2. The van der Waals surface area contributed by atoms with Crippen molar-refractivity contribution in [1.29, 1.82) is 0 Å². The van der Waals surface area contributed by atoms with Crippen molar-refractivity contribution < 1.29 is 19.1 Å². The molecule has 2 heterocycles. The molecular weight excluding hydrogens is 370 g/mol. The lowest BCUT2D eigenvalue weighted by atomic mass is 9.86. The minimum absolute atomic E-state index is 0.101. The van der Waals surface area contributed by atoms with Crippen LogP contribution in [0.15, 0.2) is 18.3 Å². The van der Waals surface area contributed by atoms with Gasteiger partial charge >= 0.3 is 12.2 Å². The van der Waals surface area contributed by atoms with Gasteiger partial charge in [0.25, 0.3) is 0 Å². The van der Waals surface area contributed by atoms with Gasteiger partial charge in [-0.3, -0.25) is 0 Å². The first-order valence-corrected chi connectivity index (χ1v) is 9.93. The van der Waals surface area contributed by atoms with Gasteiger partial charge in [-0.05, 0) is 62.1 Å². The first-order chi connectivity index (χ1) is 13.1. The van der Waals surface area contributed by atoms with Crippen LogP contribution in [0.5, 0.6) is 0 Å². The molecule has 0 aromatic carbocycles. The smallest absolute Gasteiger partial charge is 0.409 e. The van der Waals surface area contributed by atoms with Crippen molar-refractivity contribution in [1.82, 2.24) is 15.2 Å². The molecule has 2 fully saturated rings. The van der Waals surface area contributed by atoms with E-state index in [4.69, 9.17) is 21.1 Å². The van der Waals surface area contributed by atoms with E-state index < -0.39 is 6.09 Å². The summed E-state index contributed by atoms with van der Waals surface area (Å²) >= 11 is 5.81. The van der Waals surface area contributed by atoms with Crippen molar-refractivity contribution >= 4 is 23.8 Å². The van der Waals surface area contributed by atoms with Crippen molar-refractivity contribution in [2.45, 2.75) is 51.2 Å². The van der Waals surface area contributed by atoms with Gasteiger partial charge in [-0.2, -0.15) is 0 Å². The van der Waals surface area contributed by atoms with E-state index in [-0.39, 0.29) is 18.7 Å². The van der Waals surface area contributed by atoms with E-state index in [2.05, 4.69) is 10.3 Å². The summed E-state index contributed by atoms with van der Waals surface area (Å²) in [6.45, 7) is 2.25. The molecule has 1 aromatic heterocycles. The number of amides is 2. The molecule has 27 heavy (non-hydrogen) atoms. The van der Waals surface area contributed by atoms with Crippen LogP contribution in [0.2, 0.25) is 5.15 Å². The number of alkyl carbamates (subject to hydrolysis) is 1. The molecular formula is C19H26ClN3O4. The maximum Gasteiger partial charge on any atom is 0.409 e. The highest BCUT2D eigenvalue weighted by Crippen LogP contribution is 2.25. The molecule has 7 nitrogen and oxygen atoms in total. The lowest BCUT2D eigenvalue weighted by molar-refractivity contribution is 0.0832. The van der Waals surface area contributed by atoms with E-state index in [0.29, 0.717) is 17.7 Å². The summed E-state index contributed by atoms with van der Waals surface area (Å²) in [6, 6.07) is 3.53. The Labute approximate surface area is 164 Å². The average molecular weight is 396 g/mol. The number of nitrogens with one attached hydrogen (secondary N) is 1. The monoisotopic (exact) mass is 395 g/mol. The Hall–Kier alpha value is -2.02. The van der Waals surface area contributed by atoms with Gasteiger partial charge in [0.15, 0.2) is 0 Å². The SMILES string of the molecule is O=C(NC1CCC(COC(=O)N2CCCC2)CC1)OCc1ccnc(Cl)c1. The minimum Gasteiger partial charge on any atom is -0.449 e. The fraction of sp³-hybridized carbons (Fsp3) is 0.632. The highest BCUT2D eigenvalue weighted by Gasteiger charge is 2.25. The van der Waals surface area contributed by atoms with E-state index in [9.17, 15) is 9.59 Å². The lowest BCUT2D eigenvalue weighted by Crippen LogP contribution is -2.39. The number of halogens is 1. The summed E-state index contributed by atoms with van der Waals surface area (Å²) in [4.78, 5) is 29.6. The lowest BCUT2D eigenvalue weighted by Gasteiger charge is -2.29. The fourth-order valence-electron chi connectivity index (χ4n) is 3.54. The van der Waals surface area contributed by atoms with Crippen LogP contribution in [-0.4, -0.2) is 47.8 Å². The van der Waals surface area contributed by atoms with Gasteiger partial charge in [0.05, 0.1) is 6.61 Å². The Morgan fingerprint density at radius 3 is 2.63 bits per heavy atom. The second kappa shape index (κ2) is 9.78. The van der Waals surface area contributed by atoms with Gasteiger partial charge in [0.2, 0.25) is 0 Å². The predicted molar refractivity (Wildman–Crippen MR) is 100 cm³/mol. The number of hydrogen-bond acceptors (Lipinski definition) is 5. The normalized spacial score (nSPS) is 22.3. The zero-order valence-electron chi connectivity index (χ0n) is 15.4. The number of ether oxygens (including phenoxy) is 2. The van der Waals surface area contributed by atoms with Crippen molar-refractivity contribution in [3.05, 3.63) is 29.0 Å². The molecule has 1 saturated heterocycles. The number of aromatic nitrogens is 1. The summed E-state index contributed by atoms with van der Waals surface area (Å²) in [7, 11) is 0. The summed E-state index contributed by atoms with van der Waals surface area (Å²) in [5.41, 5.74) is 0.800. The van der Waals surface area contributed by atoms with Crippen molar-refractivity contribution in [3.8, 4) is 0 Å². The molecule has 1 aliphatic heterocycles. The van der Waals surface area contributed by atoms with Crippen LogP contribution in [0.1, 0.15) is 44.1 Å². The summed E-state index contributed by atoms with van der Waals surface area (Å²) < 4.78 is 10.7. The predicted octanol–water partition coefficient (Wildman–Crippen LogP) is 3.75. The number of hydrogen-bond donors (Lipinski definition) is 1. The molecule has 0 bridgehead atoms. The maximum absolute atomic E-state index is 12.0. The van der Waals surface area contributed by atoms with E-state index in [1.165, 1.54) is 0 Å². The zero-order valence-corrected chi connectivity index (χ0v) is 16.1. The maximum atomic E-state index is 12.0. The van der Waals surface area contributed by atoms with Crippen molar-refractivity contribution in [2.75, 3.05) is 19.7 Å². The first kappa shape index (κ1) is 19.7. The second-order valence-corrected chi connectivity index (χ2v) is 7.58. The highest BCUT2D eigenvalue weighted by molar-refractivity contribution is 6.29. The molecule has 8 heteroatoms. The molecule has 1 N–H and O–H groups in total. The van der Waals surface area contributed by atoms with Crippen LogP contribution < -0.4 is 5.32 Å². The average Bonchev–Trinajstić information content (AvgIpc) is 3.21. The number of carbonyl (C=O) groups excluding carboxylic acids is 2. The molecule has 0 atom stereocenters. The number of rotatable bonds is 5. The van der Waals surface area contributed by atoms with Gasteiger partial charge in [-0.15, -0.1) is 0 Å². The van der Waals surface area contributed by atoms with E-state index in [1.807, 2.05) is 0 Å². The number of pyridine rings is 1. The third-order valence-corrected chi connectivity index (χ3v) is 5.34. The van der Waals surface area contributed by atoms with Gasteiger partial charge in [-0.1, -0.05) is 11.6 Å². The molecule has 2 aliphatic rings. The van der Waals surface area contributed by atoms with Crippen LogP contribution in [0.4, 0.5) is 9.59 Å². The molecule has 148 valence electrons. The first-order valence-electron chi connectivity index (χ1n) is 9.55. The Morgan fingerprint density at radius 1 is 1.19 bits per heavy atom. The molecule has 0 radical (unpaired) electrons. The molecule has 0 spiro atoms. The molecule has 0 unspecified atom stereocenters. The van der Waals surface area contributed by atoms with Crippen LogP contribution in [0.3, 0.4) is 0 Å². The molecule has 1 aliphatic carbocycles. The van der Waals surface area contributed by atoms with E-state index in [0.717, 1.165) is 57.2 Å². The van der Waals surface area contributed by atoms with Gasteiger partial charge in [0.1, 0.15) is 11.8 Å². The zero-order chi connectivity index (χ0) is 19.1. The Morgan fingerprint density at radius 2 is 1.93 bits per heavy atom. The summed E-state index contributed by atoms with van der Waals surface area (Å²) in [5, 5.41) is 3.28.